The van der Waals surface area contributed by atoms with Crippen molar-refractivity contribution < 1.29 is 9.53 Å². The van der Waals surface area contributed by atoms with Crippen molar-refractivity contribution in [3.05, 3.63) is 36.0 Å². The van der Waals surface area contributed by atoms with Gasteiger partial charge in [-0.1, -0.05) is 6.07 Å². The van der Waals surface area contributed by atoms with Gasteiger partial charge in [0.1, 0.15) is 11.6 Å². The summed E-state index contributed by atoms with van der Waals surface area (Å²) in [4.78, 5) is 20.4. The molecular formula is C18H24N6O2. The van der Waals surface area contributed by atoms with E-state index in [4.69, 9.17) is 16.2 Å². The molecule has 26 heavy (non-hydrogen) atoms. The van der Waals surface area contributed by atoms with Gasteiger partial charge in [0.25, 0.3) is 5.91 Å². The molecule has 8 nitrogen and oxygen atoms in total. The fraction of sp³-hybridized carbons (Fsp3) is 0.389. The highest BCUT2D eigenvalue weighted by molar-refractivity contribution is 5.97. The van der Waals surface area contributed by atoms with Crippen molar-refractivity contribution in [3.63, 3.8) is 0 Å². The van der Waals surface area contributed by atoms with E-state index in [1.165, 1.54) is 6.20 Å². The van der Waals surface area contributed by atoms with Gasteiger partial charge >= 0.3 is 0 Å². The zero-order valence-electron chi connectivity index (χ0n) is 14.7. The van der Waals surface area contributed by atoms with E-state index in [0.717, 1.165) is 37.1 Å². The fourth-order valence-electron chi connectivity index (χ4n) is 3.02. The lowest BCUT2D eigenvalue weighted by Crippen LogP contribution is -2.33. The topological polar surface area (TPSA) is 128 Å². The number of methoxy groups -OCH3 is 1. The van der Waals surface area contributed by atoms with Crippen LogP contribution in [0.25, 0.3) is 0 Å². The van der Waals surface area contributed by atoms with Gasteiger partial charge in [-0.25, -0.2) is 4.98 Å². The molecular weight excluding hydrogens is 332 g/mol. The van der Waals surface area contributed by atoms with Gasteiger partial charge in [-0.3, -0.25) is 4.79 Å². The van der Waals surface area contributed by atoms with Crippen molar-refractivity contribution >= 4 is 23.4 Å². The van der Waals surface area contributed by atoms with Crippen molar-refractivity contribution in [1.82, 2.24) is 9.97 Å². The number of primary amides is 1. The Balaban J connectivity index is 1.80. The Bertz CT molecular complexity index is 774. The van der Waals surface area contributed by atoms with Crippen LogP contribution >= 0.6 is 0 Å². The van der Waals surface area contributed by atoms with Gasteiger partial charge in [0.05, 0.1) is 12.7 Å². The van der Waals surface area contributed by atoms with E-state index >= 15 is 0 Å². The lowest BCUT2D eigenvalue weighted by atomic mass is 9.92. The second kappa shape index (κ2) is 8.01. The van der Waals surface area contributed by atoms with Crippen molar-refractivity contribution in [1.29, 1.82) is 0 Å². The number of benzene rings is 1. The smallest absolute Gasteiger partial charge is 0.254 e. The highest BCUT2D eigenvalue weighted by Crippen LogP contribution is 2.24. The molecule has 0 spiro atoms. The largest absolute Gasteiger partial charge is 0.497 e. The van der Waals surface area contributed by atoms with Crippen molar-refractivity contribution in [2.75, 3.05) is 17.7 Å². The molecule has 0 aliphatic heterocycles. The first-order valence-electron chi connectivity index (χ1n) is 8.65. The van der Waals surface area contributed by atoms with E-state index in [-0.39, 0.29) is 17.6 Å². The maximum absolute atomic E-state index is 11.7. The third kappa shape index (κ3) is 4.40. The third-order valence-corrected chi connectivity index (χ3v) is 4.49. The van der Waals surface area contributed by atoms with Crippen LogP contribution < -0.4 is 26.8 Å². The lowest BCUT2D eigenvalue weighted by molar-refractivity contribution is 0.100. The van der Waals surface area contributed by atoms with Crippen LogP contribution in [0, 0.1) is 0 Å². The predicted octanol–water partition coefficient (Wildman–Crippen LogP) is 2.01. The van der Waals surface area contributed by atoms with E-state index in [1.54, 1.807) is 7.11 Å². The number of nitrogens with two attached hydrogens (primary N) is 2. The molecule has 6 N–H and O–H groups in total. The Morgan fingerprint density at radius 2 is 2.04 bits per heavy atom. The van der Waals surface area contributed by atoms with Gasteiger partial charge in [0.2, 0.25) is 5.95 Å². The SMILES string of the molecule is COc1cccc(Nc2ncc(C(N)=O)c(N[C@H]3CC[C@H](N)CC3)n2)c1. The summed E-state index contributed by atoms with van der Waals surface area (Å²) >= 11 is 0. The maximum Gasteiger partial charge on any atom is 0.254 e. The summed E-state index contributed by atoms with van der Waals surface area (Å²) in [5.74, 6) is 0.977. The minimum absolute atomic E-state index is 0.215. The van der Waals surface area contributed by atoms with Gasteiger partial charge in [0, 0.05) is 30.0 Å². The number of amides is 1. The Labute approximate surface area is 152 Å². The fourth-order valence-corrected chi connectivity index (χ4v) is 3.02. The standard InChI is InChI=1S/C18H24N6O2/c1-26-14-4-2-3-13(9-14)23-18-21-10-15(16(20)25)17(24-18)22-12-7-5-11(19)6-8-12/h2-4,9-12H,5-8,19H2,1H3,(H2,20,25)(H2,21,22,23,24)/t11-,12-. The highest BCUT2D eigenvalue weighted by Gasteiger charge is 2.21. The number of anilines is 3. The Morgan fingerprint density at radius 3 is 2.73 bits per heavy atom. The molecule has 1 aromatic heterocycles. The van der Waals surface area contributed by atoms with Crippen LogP contribution in [0.1, 0.15) is 36.0 Å². The zero-order valence-corrected chi connectivity index (χ0v) is 14.7. The van der Waals surface area contributed by atoms with Gasteiger partial charge in [-0.15, -0.1) is 0 Å². The second-order valence-corrected chi connectivity index (χ2v) is 6.43. The first-order chi connectivity index (χ1) is 12.5. The van der Waals surface area contributed by atoms with Crippen LogP contribution in [0.5, 0.6) is 5.75 Å². The summed E-state index contributed by atoms with van der Waals surface area (Å²) in [5, 5.41) is 6.44. The number of ether oxygens (including phenoxy) is 1. The normalized spacial score (nSPS) is 19.6. The number of aromatic nitrogens is 2. The second-order valence-electron chi connectivity index (χ2n) is 6.43. The van der Waals surface area contributed by atoms with Crippen molar-refractivity contribution in [2.24, 2.45) is 11.5 Å². The maximum atomic E-state index is 11.7. The number of carbonyl (C=O) groups excluding carboxylic acids is 1. The number of nitrogens with zero attached hydrogens (tertiary/aromatic N) is 2. The number of rotatable bonds is 6. The van der Waals surface area contributed by atoms with Crippen LogP contribution in [-0.2, 0) is 0 Å². The number of nitrogens with one attached hydrogen (secondary N) is 2. The summed E-state index contributed by atoms with van der Waals surface area (Å²) in [6.45, 7) is 0. The van der Waals surface area contributed by atoms with Crippen LogP contribution in [0.3, 0.4) is 0 Å². The van der Waals surface area contributed by atoms with Crippen LogP contribution in [0.2, 0.25) is 0 Å². The quantitative estimate of drug-likeness (QED) is 0.623. The molecule has 1 saturated carbocycles. The third-order valence-electron chi connectivity index (χ3n) is 4.49. The number of carbonyl (C=O) groups is 1. The molecule has 1 heterocycles. The Morgan fingerprint density at radius 1 is 1.27 bits per heavy atom. The molecule has 1 aliphatic rings. The van der Waals surface area contributed by atoms with E-state index in [0.29, 0.717) is 11.8 Å². The minimum atomic E-state index is -0.562. The van der Waals surface area contributed by atoms with Gasteiger partial charge in [0.15, 0.2) is 0 Å². The van der Waals surface area contributed by atoms with E-state index in [9.17, 15) is 4.79 Å². The van der Waals surface area contributed by atoms with Gasteiger partial charge in [-0.2, -0.15) is 4.98 Å². The summed E-state index contributed by atoms with van der Waals surface area (Å²) in [6, 6.07) is 7.89. The molecule has 1 aromatic carbocycles. The predicted molar refractivity (Wildman–Crippen MR) is 101 cm³/mol. The van der Waals surface area contributed by atoms with E-state index in [1.807, 2.05) is 24.3 Å². The average Bonchev–Trinajstić information content (AvgIpc) is 2.64. The van der Waals surface area contributed by atoms with Crippen molar-refractivity contribution in [3.8, 4) is 5.75 Å². The molecule has 0 unspecified atom stereocenters. The molecule has 3 rings (SSSR count). The Kier molecular flexibility index (Phi) is 5.52. The molecule has 138 valence electrons. The molecule has 0 bridgehead atoms. The minimum Gasteiger partial charge on any atom is -0.497 e. The van der Waals surface area contributed by atoms with Crippen molar-refractivity contribution in [2.45, 2.75) is 37.8 Å². The molecule has 2 aromatic rings. The van der Waals surface area contributed by atoms with Crippen LogP contribution in [0.15, 0.2) is 30.5 Å². The molecule has 0 saturated heterocycles. The highest BCUT2D eigenvalue weighted by atomic mass is 16.5. The molecule has 0 radical (unpaired) electrons. The molecule has 1 amide bonds. The zero-order chi connectivity index (χ0) is 18.5. The Hall–Kier alpha value is -2.87. The van der Waals surface area contributed by atoms with Crippen LogP contribution in [-0.4, -0.2) is 35.1 Å². The summed E-state index contributed by atoms with van der Waals surface area (Å²) < 4.78 is 5.21. The average molecular weight is 356 g/mol. The number of hydrogen-bond donors (Lipinski definition) is 4. The van der Waals surface area contributed by atoms with Gasteiger partial charge in [-0.05, 0) is 37.8 Å². The summed E-state index contributed by atoms with van der Waals surface area (Å²) in [7, 11) is 1.61. The van der Waals surface area contributed by atoms with Gasteiger partial charge < -0.3 is 26.8 Å². The van der Waals surface area contributed by atoms with E-state index < -0.39 is 5.91 Å². The van der Waals surface area contributed by atoms with E-state index in [2.05, 4.69) is 20.6 Å². The lowest BCUT2D eigenvalue weighted by Gasteiger charge is -2.27. The summed E-state index contributed by atoms with van der Waals surface area (Å²) in [5.41, 5.74) is 12.5. The molecule has 0 atom stereocenters. The molecule has 1 fully saturated rings. The monoisotopic (exact) mass is 356 g/mol. The summed E-state index contributed by atoms with van der Waals surface area (Å²) in [6.07, 6.45) is 5.20. The number of hydrogen-bond acceptors (Lipinski definition) is 7. The molecule has 8 heteroatoms. The first kappa shape index (κ1) is 17.9. The first-order valence-corrected chi connectivity index (χ1v) is 8.65. The van der Waals surface area contributed by atoms with Crippen LogP contribution in [0.4, 0.5) is 17.5 Å². The molecule has 1 aliphatic carbocycles.